The summed E-state index contributed by atoms with van der Waals surface area (Å²) in [5.74, 6) is 0.908. The highest BCUT2D eigenvalue weighted by Gasteiger charge is 2.35. The number of rotatable bonds is 4. The van der Waals surface area contributed by atoms with Crippen LogP contribution in [0, 0.1) is 10.1 Å². The van der Waals surface area contributed by atoms with Gasteiger partial charge in [-0.3, -0.25) is 10.1 Å². The summed E-state index contributed by atoms with van der Waals surface area (Å²) in [6.07, 6.45) is 1.66. The normalized spacial score (nSPS) is 25.3. The van der Waals surface area contributed by atoms with E-state index in [0.717, 1.165) is 25.1 Å². The molecule has 25 heavy (non-hydrogen) atoms. The van der Waals surface area contributed by atoms with Crippen LogP contribution in [0.4, 0.5) is 11.4 Å². The molecule has 2 aliphatic rings. The van der Waals surface area contributed by atoms with E-state index in [1.165, 1.54) is 16.4 Å². The largest absolute Gasteiger partial charge is 0.366 e. The smallest absolute Gasteiger partial charge is 0.270 e. The minimum Gasteiger partial charge on any atom is -0.366 e. The van der Waals surface area contributed by atoms with Crippen molar-refractivity contribution in [2.24, 2.45) is 0 Å². The van der Waals surface area contributed by atoms with Gasteiger partial charge >= 0.3 is 0 Å². The van der Waals surface area contributed by atoms with Gasteiger partial charge in [-0.05, 0) is 25.8 Å². The zero-order valence-electron chi connectivity index (χ0n) is 14.4. The van der Waals surface area contributed by atoms with Gasteiger partial charge in [-0.2, -0.15) is 16.1 Å². The van der Waals surface area contributed by atoms with Gasteiger partial charge in [-0.1, -0.05) is 6.92 Å². The van der Waals surface area contributed by atoms with Crippen LogP contribution in [-0.4, -0.2) is 54.3 Å². The minimum absolute atomic E-state index is 0.0644. The summed E-state index contributed by atoms with van der Waals surface area (Å²) >= 11 is 1.86. The molecule has 0 aromatic heterocycles. The predicted molar refractivity (Wildman–Crippen MR) is 99.8 cm³/mol. The molecule has 3 rings (SSSR count). The first kappa shape index (κ1) is 18.5. The van der Waals surface area contributed by atoms with Crippen LogP contribution in [0.5, 0.6) is 0 Å². The van der Waals surface area contributed by atoms with E-state index in [9.17, 15) is 18.5 Å². The SMILES string of the molecule is CC1SCCN(c2ccc([N+](=O)[O-])cc2S(=O)(=O)N2CCCC2)C1C. The van der Waals surface area contributed by atoms with E-state index < -0.39 is 14.9 Å². The van der Waals surface area contributed by atoms with Crippen molar-refractivity contribution in [1.82, 2.24) is 4.31 Å². The molecule has 2 saturated heterocycles. The second-order valence-electron chi connectivity index (χ2n) is 6.53. The van der Waals surface area contributed by atoms with Gasteiger partial charge in [0.15, 0.2) is 0 Å². The van der Waals surface area contributed by atoms with Gasteiger partial charge in [0.05, 0.1) is 10.6 Å². The summed E-state index contributed by atoms with van der Waals surface area (Å²) in [6.45, 7) is 5.89. The minimum atomic E-state index is -3.74. The van der Waals surface area contributed by atoms with Crippen molar-refractivity contribution in [3.63, 3.8) is 0 Å². The Morgan fingerprint density at radius 3 is 2.52 bits per heavy atom. The summed E-state index contributed by atoms with van der Waals surface area (Å²) in [6, 6.07) is 4.38. The van der Waals surface area contributed by atoms with E-state index in [-0.39, 0.29) is 16.6 Å². The van der Waals surface area contributed by atoms with Crippen molar-refractivity contribution in [3.05, 3.63) is 28.3 Å². The molecule has 2 fully saturated rings. The zero-order chi connectivity index (χ0) is 18.2. The number of anilines is 1. The molecule has 0 N–H and O–H groups in total. The van der Waals surface area contributed by atoms with E-state index in [4.69, 9.17) is 0 Å². The molecule has 2 atom stereocenters. The third-order valence-electron chi connectivity index (χ3n) is 5.03. The Bertz CT molecular complexity index is 763. The van der Waals surface area contributed by atoms with Crippen molar-refractivity contribution in [2.75, 3.05) is 30.3 Å². The number of hydrogen-bond donors (Lipinski definition) is 0. The number of hydrogen-bond acceptors (Lipinski definition) is 6. The van der Waals surface area contributed by atoms with Crippen LogP contribution >= 0.6 is 11.8 Å². The molecule has 9 heteroatoms. The standard InChI is InChI=1S/C16H23N3O4S2/c1-12-13(2)24-10-9-18(12)15-6-5-14(19(20)21)11-16(15)25(22,23)17-7-3-4-8-17/h5-6,11-13H,3-4,7-10H2,1-2H3. The molecular weight excluding hydrogens is 362 g/mol. The average molecular weight is 386 g/mol. The Labute approximate surface area is 152 Å². The van der Waals surface area contributed by atoms with Crippen molar-refractivity contribution < 1.29 is 13.3 Å². The second-order valence-corrected chi connectivity index (χ2v) is 9.92. The Hall–Kier alpha value is -1.32. The van der Waals surface area contributed by atoms with Crippen LogP contribution in [0.2, 0.25) is 0 Å². The maximum Gasteiger partial charge on any atom is 0.270 e. The fourth-order valence-electron chi connectivity index (χ4n) is 3.40. The second kappa shape index (κ2) is 7.13. The van der Waals surface area contributed by atoms with E-state index in [1.54, 1.807) is 6.07 Å². The Balaban J connectivity index is 2.10. The first-order chi connectivity index (χ1) is 11.8. The lowest BCUT2D eigenvalue weighted by molar-refractivity contribution is -0.385. The van der Waals surface area contributed by atoms with Crippen molar-refractivity contribution in [1.29, 1.82) is 0 Å². The van der Waals surface area contributed by atoms with Gasteiger partial charge in [0.1, 0.15) is 4.90 Å². The Morgan fingerprint density at radius 2 is 1.88 bits per heavy atom. The maximum atomic E-state index is 13.1. The summed E-state index contributed by atoms with van der Waals surface area (Å²) in [5, 5.41) is 11.6. The molecule has 0 amide bonds. The quantitative estimate of drug-likeness (QED) is 0.585. The van der Waals surface area contributed by atoms with E-state index in [0.29, 0.717) is 24.0 Å². The predicted octanol–water partition coefficient (Wildman–Crippen LogP) is 2.71. The lowest BCUT2D eigenvalue weighted by Gasteiger charge is -2.40. The lowest BCUT2D eigenvalue weighted by atomic mass is 10.1. The maximum absolute atomic E-state index is 13.1. The van der Waals surface area contributed by atoms with Crippen LogP contribution in [-0.2, 0) is 10.0 Å². The number of nitrogens with zero attached hydrogens (tertiary/aromatic N) is 3. The molecule has 1 aromatic rings. The zero-order valence-corrected chi connectivity index (χ0v) is 16.1. The number of benzene rings is 1. The van der Waals surface area contributed by atoms with Crippen molar-refractivity contribution >= 4 is 33.2 Å². The first-order valence-corrected chi connectivity index (χ1v) is 11.0. The van der Waals surface area contributed by atoms with E-state index >= 15 is 0 Å². The molecule has 0 aliphatic carbocycles. The molecule has 1 aromatic carbocycles. The molecule has 2 heterocycles. The molecule has 138 valence electrons. The van der Waals surface area contributed by atoms with Crippen molar-refractivity contribution in [3.8, 4) is 0 Å². The summed E-state index contributed by atoms with van der Waals surface area (Å²) in [7, 11) is -3.74. The van der Waals surface area contributed by atoms with Crippen LogP contribution in [0.3, 0.4) is 0 Å². The fraction of sp³-hybridized carbons (Fsp3) is 0.625. The average Bonchev–Trinajstić information content (AvgIpc) is 3.12. The number of nitro benzene ring substituents is 1. The highest BCUT2D eigenvalue weighted by Crippen LogP contribution is 2.37. The first-order valence-electron chi connectivity index (χ1n) is 8.49. The van der Waals surface area contributed by atoms with Gasteiger partial charge in [0, 0.05) is 48.8 Å². The number of thioether (sulfide) groups is 1. The van der Waals surface area contributed by atoms with E-state index in [2.05, 4.69) is 18.7 Å². The number of non-ortho nitro benzene ring substituents is 1. The third-order valence-corrected chi connectivity index (χ3v) is 8.30. The molecule has 0 spiro atoms. The van der Waals surface area contributed by atoms with Crippen LogP contribution in [0.25, 0.3) is 0 Å². The Kier molecular flexibility index (Phi) is 5.26. The lowest BCUT2D eigenvalue weighted by Crippen LogP contribution is -2.45. The fourth-order valence-corrected chi connectivity index (χ4v) is 6.24. The van der Waals surface area contributed by atoms with E-state index in [1.807, 2.05) is 11.8 Å². The van der Waals surface area contributed by atoms with Crippen LogP contribution in [0.1, 0.15) is 26.7 Å². The van der Waals surface area contributed by atoms with Gasteiger partial charge in [0.25, 0.3) is 5.69 Å². The summed E-state index contributed by atoms with van der Waals surface area (Å²) < 4.78 is 27.7. The molecule has 0 saturated carbocycles. The van der Waals surface area contributed by atoms with Crippen molar-refractivity contribution in [2.45, 2.75) is 42.9 Å². The molecule has 2 unspecified atom stereocenters. The van der Waals surface area contributed by atoms with Crippen LogP contribution in [0.15, 0.2) is 23.1 Å². The van der Waals surface area contributed by atoms with Gasteiger partial charge in [0.2, 0.25) is 10.0 Å². The molecule has 0 bridgehead atoms. The Morgan fingerprint density at radius 1 is 1.20 bits per heavy atom. The molecule has 0 radical (unpaired) electrons. The third kappa shape index (κ3) is 3.50. The summed E-state index contributed by atoms with van der Waals surface area (Å²) in [5.41, 5.74) is 0.394. The van der Waals surface area contributed by atoms with Gasteiger partial charge in [-0.15, -0.1) is 0 Å². The number of sulfonamides is 1. The highest BCUT2D eigenvalue weighted by molar-refractivity contribution is 8.00. The topological polar surface area (TPSA) is 83.8 Å². The molecular formula is C16H23N3O4S2. The van der Waals surface area contributed by atoms with Gasteiger partial charge < -0.3 is 4.90 Å². The monoisotopic (exact) mass is 385 g/mol. The highest BCUT2D eigenvalue weighted by atomic mass is 32.2. The van der Waals surface area contributed by atoms with Crippen LogP contribution < -0.4 is 4.90 Å². The summed E-state index contributed by atoms with van der Waals surface area (Å²) in [4.78, 5) is 12.8. The molecule has 7 nitrogen and oxygen atoms in total. The number of nitro groups is 1. The van der Waals surface area contributed by atoms with Gasteiger partial charge in [-0.25, -0.2) is 8.42 Å². The molecule has 2 aliphatic heterocycles.